The van der Waals surface area contributed by atoms with Gasteiger partial charge in [0.05, 0.1) is 6.54 Å². The number of rotatable bonds is 3. The highest BCUT2D eigenvalue weighted by atomic mass is 127. The van der Waals surface area contributed by atoms with Crippen molar-refractivity contribution in [2.24, 2.45) is 0 Å². The molecule has 0 spiro atoms. The van der Waals surface area contributed by atoms with Crippen LogP contribution in [0.15, 0.2) is 16.5 Å². The molecule has 0 aromatic carbocycles. The van der Waals surface area contributed by atoms with Gasteiger partial charge in [0.25, 0.3) is 0 Å². The molecule has 0 aliphatic carbocycles. The van der Waals surface area contributed by atoms with Crippen LogP contribution in [0.3, 0.4) is 0 Å². The van der Waals surface area contributed by atoms with Crippen molar-refractivity contribution in [2.75, 3.05) is 33.2 Å². The molecule has 1 N–H and O–H groups in total. The molecule has 84 valence electrons. The SMILES string of the molecule is CN1CCN(NCc2ccc(I)o2)CC1. The average molecular weight is 321 g/mol. The van der Waals surface area contributed by atoms with E-state index in [4.69, 9.17) is 4.42 Å². The third kappa shape index (κ3) is 3.44. The Kier molecular flexibility index (Phi) is 4.01. The van der Waals surface area contributed by atoms with Crippen LogP contribution < -0.4 is 5.43 Å². The lowest BCUT2D eigenvalue weighted by Gasteiger charge is -2.32. The molecule has 2 rings (SSSR count). The highest BCUT2D eigenvalue weighted by Gasteiger charge is 2.13. The van der Waals surface area contributed by atoms with Gasteiger partial charge in [0.15, 0.2) is 3.77 Å². The Hall–Kier alpha value is -0.110. The molecule has 1 aliphatic rings. The van der Waals surface area contributed by atoms with Crippen LogP contribution in [0.5, 0.6) is 0 Å². The Bertz CT molecular complexity index is 307. The molecule has 0 bridgehead atoms. The molecule has 2 heterocycles. The van der Waals surface area contributed by atoms with Gasteiger partial charge in [-0.15, -0.1) is 0 Å². The second-order valence-electron chi connectivity index (χ2n) is 3.83. The summed E-state index contributed by atoms with van der Waals surface area (Å²) in [5, 5.41) is 2.26. The van der Waals surface area contributed by atoms with Gasteiger partial charge >= 0.3 is 0 Å². The maximum atomic E-state index is 5.48. The fraction of sp³-hybridized carbons (Fsp3) is 0.600. The summed E-state index contributed by atoms with van der Waals surface area (Å²) < 4.78 is 6.43. The fourth-order valence-corrected chi connectivity index (χ4v) is 2.06. The lowest BCUT2D eigenvalue weighted by atomic mass is 10.4. The molecule has 1 aliphatic heterocycles. The molecule has 0 unspecified atom stereocenters. The predicted octanol–water partition coefficient (Wildman–Crippen LogP) is 1.14. The van der Waals surface area contributed by atoms with Crippen LogP contribution in [-0.4, -0.2) is 43.1 Å². The van der Waals surface area contributed by atoms with E-state index in [0.29, 0.717) is 0 Å². The molecule has 15 heavy (non-hydrogen) atoms. The second-order valence-corrected chi connectivity index (χ2v) is 4.89. The third-order valence-electron chi connectivity index (χ3n) is 2.61. The number of nitrogens with zero attached hydrogens (tertiary/aromatic N) is 2. The molecule has 1 saturated heterocycles. The summed E-state index contributed by atoms with van der Waals surface area (Å²) in [6, 6.07) is 4.01. The number of piperazine rings is 1. The van der Waals surface area contributed by atoms with Crippen LogP contribution >= 0.6 is 22.6 Å². The van der Waals surface area contributed by atoms with Crippen LogP contribution in [0.25, 0.3) is 0 Å². The average Bonchev–Trinajstić information content (AvgIpc) is 2.64. The summed E-state index contributed by atoms with van der Waals surface area (Å²) in [5.41, 5.74) is 3.38. The number of nitrogens with one attached hydrogen (secondary N) is 1. The Morgan fingerprint density at radius 2 is 2.07 bits per heavy atom. The predicted molar refractivity (Wildman–Crippen MR) is 67.3 cm³/mol. The summed E-state index contributed by atoms with van der Waals surface area (Å²) in [7, 11) is 2.16. The van der Waals surface area contributed by atoms with Crippen molar-refractivity contribution < 1.29 is 4.42 Å². The van der Waals surface area contributed by atoms with E-state index < -0.39 is 0 Å². The van der Waals surface area contributed by atoms with Gasteiger partial charge in [0.2, 0.25) is 0 Å². The fourth-order valence-electron chi connectivity index (χ4n) is 1.60. The number of halogens is 1. The molecule has 0 atom stereocenters. The lowest BCUT2D eigenvalue weighted by Crippen LogP contribution is -2.50. The monoisotopic (exact) mass is 321 g/mol. The first kappa shape index (κ1) is 11.4. The smallest absolute Gasteiger partial charge is 0.164 e. The van der Waals surface area contributed by atoms with Crippen molar-refractivity contribution in [3.05, 3.63) is 21.7 Å². The van der Waals surface area contributed by atoms with Gasteiger partial charge in [0, 0.05) is 26.2 Å². The Morgan fingerprint density at radius 1 is 1.33 bits per heavy atom. The van der Waals surface area contributed by atoms with Crippen LogP contribution in [-0.2, 0) is 6.54 Å². The molecule has 0 saturated carbocycles. The molecule has 5 heteroatoms. The number of hydrazine groups is 1. The molecule has 1 aromatic rings. The highest BCUT2D eigenvalue weighted by Crippen LogP contribution is 2.09. The van der Waals surface area contributed by atoms with Crippen molar-refractivity contribution >= 4 is 22.6 Å². The lowest BCUT2D eigenvalue weighted by molar-refractivity contribution is 0.0989. The zero-order valence-electron chi connectivity index (χ0n) is 8.87. The van der Waals surface area contributed by atoms with Crippen LogP contribution in [0.1, 0.15) is 5.76 Å². The Morgan fingerprint density at radius 3 is 2.67 bits per heavy atom. The Balaban J connectivity index is 1.74. The van der Waals surface area contributed by atoms with Gasteiger partial charge in [-0.05, 0) is 41.8 Å². The molecule has 0 amide bonds. The number of hydrogen-bond donors (Lipinski definition) is 1. The van der Waals surface area contributed by atoms with Gasteiger partial charge < -0.3 is 9.32 Å². The van der Waals surface area contributed by atoms with Crippen molar-refractivity contribution in [3.63, 3.8) is 0 Å². The maximum Gasteiger partial charge on any atom is 0.164 e. The van der Waals surface area contributed by atoms with Crippen molar-refractivity contribution in [1.82, 2.24) is 15.3 Å². The quantitative estimate of drug-likeness (QED) is 0.846. The van der Waals surface area contributed by atoms with E-state index in [1.807, 2.05) is 12.1 Å². The second kappa shape index (κ2) is 5.29. The van der Waals surface area contributed by atoms with Crippen LogP contribution in [0, 0.1) is 3.77 Å². The minimum Gasteiger partial charge on any atom is -0.454 e. The van der Waals surface area contributed by atoms with Crippen LogP contribution in [0.2, 0.25) is 0 Å². The molecule has 4 nitrogen and oxygen atoms in total. The molecular weight excluding hydrogens is 305 g/mol. The topological polar surface area (TPSA) is 31.6 Å². The van der Waals surface area contributed by atoms with E-state index >= 15 is 0 Å². The molecule has 1 fully saturated rings. The third-order valence-corrected chi connectivity index (χ3v) is 3.19. The number of furan rings is 1. The van der Waals surface area contributed by atoms with Gasteiger partial charge in [-0.1, -0.05) is 0 Å². The normalized spacial score (nSPS) is 19.6. The largest absolute Gasteiger partial charge is 0.454 e. The number of hydrogen-bond acceptors (Lipinski definition) is 4. The van der Waals surface area contributed by atoms with Crippen LogP contribution in [0.4, 0.5) is 0 Å². The van der Waals surface area contributed by atoms with E-state index in [9.17, 15) is 0 Å². The summed E-state index contributed by atoms with van der Waals surface area (Å²) in [6.45, 7) is 5.20. The van der Waals surface area contributed by atoms with Gasteiger partial charge in [-0.25, -0.2) is 10.4 Å². The first-order chi connectivity index (χ1) is 7.24. The zero-order valence-corrected chi connectivity index (χ0v) is 11.0. The van der Waals surface area contributed by atoms with E-state index in [1.165, 1.54) is 0 Å². The first-order valence-electron chi connectivity index (χ1n) is 5.15. The molecule has 1 aromatic heterocycles. The van der Waals surface area contributed by atoms with E-state index in [2.05, 4.69) is 45.0 Å². The molecule has 0 radical (unpaired) electrons. The minimum atomic E-state index is 0.784. The summed E-state index contributed by atoms with van der Waals surface area (Å²) in [4.78, 5) is 2.34. The van der Waals surface area contributed by atoms with Crippen molar-refractivity contribution in [2.45, 2.75) is 6.54 Å². The zero-order chi connectivity index (χ0) is 10.7. The van der Waals surface area contributed by atoms with E-state index in [-0.39, 0.29) is 0 Å². The first-order valence-corrected chi connectivity index (χ1v) is 6.23. The maximum absolute atomic E-state index is 5.48. The Labute approximate surface area is 104 Å². The van der Waals surface area contributed by atoms with E-state index in [1.54, 1.807) is 0 Å². The highest BCUT2D eigenvalue weighted by molar-refractivity contribution is 14.1. The van der Waals surface area contributed by atoms with E-state index in [0.717, 1.165) is 42.3 Å². The summed E-state index contributed by atoms with van der Waals surface area (Å²) in [6.07, 6.45) is 0. The number of likely N-dealkylation sites (N-methyl/N-ethyl adjacent to an activating group) is 1. The summed E-state index contributed by atoms with van der Waals surface area (Å²) >= 11 is 2.18. The van der Waals surface area contributed by atoms with Crippen molar-refractivity contribution in [3.8, 4) is 0 Å². The van der Waals surface area contributed by atoms with Gasteiger partial charge in [-0.2, -0.15) is 0 Å². The summed E-state index contributed by atoms with van der Waals surface area (Å²) in [5.74, 6) is 0.998. The standard InChI is InChI=1S/C10H16IN3O/c1-13-4-6-14(7-5-13)12-8-9-2-3-10(11)15-9/h2-3,12H,4-8H2,1H3. The van der Waals surface area contributed by atoms with Crippen molar-refractivity contribution in [1.29, 1.82) is 0 Å². The molecular formula is C10H16IN3O. The minimum absolute atomic E-state index is 0.784. The van der Waals surface area contributed by atoms with Gasteiger partial charge in [-0.3, -0.25) is 0 Å². The van der Waals surface area contributed by atoms with Gasteiger partial charge in [0.1, 0.15) is 5.76 Å².